The lowest BCUT2D eigenvalue weighted by Crippen LogP contribution is -2.62. The molecule has 21 rings (SSSR count). The first-order valence-corrected chi connectivity index (χ1v) is 17.9. The van der Waals surface area contributed by atoms with Gasteiger partial charge in [0.15, 0.2) is 0 Å². The molecule has 0 aromatic heterocycles. The van der Waals surface area contributed by atoms with Crippen molar-refractivity contribution in [2.24, 2.45) is 0 Å². The zero-order valence-corrected chi connectivity index (χ0v) is 27.6. The van der Waals surface area contributed by atoms with Gasteiger partial charge in [0, 0.05) is 66.1 Å². The minimum atomic E-state index is -0.851. The SMILES string of the molecule is O=C1c2ccc3c4c5ccc(c24)C(=O)N1[C@@H]1CCCC[C@H]1N1C(=O)c2ccc4c6c(ccc(c26)C1=O)C(=O)N(C4=O)[C@@H]1CCCC[C@H]1N(C3=O)C5=O. The van der Waals surface area contributed by atoms with E-state index in [0.29, 0.717) is 51.4 Å². The summed E-state index contributed by atoms with van der Waals surface area (Å²) in [5, 5.41) is 0.897. The smallest absolute Gasteiger partial charge is 0.261 e. The predicted octanol–water partition coefficient (Wildman–Crippen LogP) is 4.71. The number of nitrogens with zero attached hydrogens (tertiary/aromatic N) is 4. The van der Waals surface area contributed by atoms with Gasteiger partial charge >= 0.3 is 0 Å². The molecule has 0 saturated heterocycles. The number of hydrogen-bond donors (Lipinski definition) is 0. The number of amides is 8. The zero-order valence-electron chi connectivity index (χ0n) is 27.6. The topological polar surface area (TPSA) is 150 Å². The van der Waals surface area contributed by atoms with Gasteiger partial charge in [-0.1, -0.05) is 25.7 Å². The second-order valence-corrected chi connectivity index (χ2v) is 14.9. The van der Waals surface area contributed by atoms with Crippen LogP contribution in [0.25, 0.3) is 21.5 Å². The minimum Gasteiger partial charge on any atom is -0.269 e. The van der Waals surface area contributed by atoms with Crippen molar-refractivity contribution >= 4 is 68.8 Å². The average molecular weight is 693 g/mol. The number of hydrogen-bond acceptors (Lipinski definition) is 8. The van der Waals surface area contributed by atoms with Gasteiger partial charge in [0.2, 0.25) is 0 Å². The maximum absolute atomic E-state index is 14.5. The molecule has 0 spiro atoms. The fraction of sp³-hybridized carbons (Fsp3) is 0.300. The Morgan fingerprint density at radius 2 is 0.442 bits per heavy atom. The molecule has 0 N–H and O–H groups in total. The van der Waals surface area contributed by atoms with E-state index >= 15 is 0 Å². The molecule has 17 aliphatic rings. The van der Waals surface area contributed by atoms with Crippen molar-refractivity contribution in [3.05, 3.63) is 93.0 Å². The average Bonchev–Trinajstić information content (AvgIpc) is 3.15. The van der Waals surface area contributed by atoms with Crippen LogP contribution < -0.4 is 0 Å². The highest BCUT2D eigenvalue weighted by Crippen LogP contribution is 2.45. The second-order valence-electron chi connectivity index (χ2n) is 14.9. The van der Waals surface area contributed by atoms with Crippen LogP contribution in [-0.2, 0) is 0 Å². The van der Waals surface area contributed by atoms with Gasteiger partial charge in [-0.2, -0.15) is 0 Å². The van der Waals surface area contributed by atoms with E-state index in [1.165, 1.54) is 48.5 Å². The van der Waals surface area contributed by atoms with E-state index < -0.39 is 71.4 Å². The molecule has 12 nitrogen and oxygen atoms in total. The normalized spacial score (nSPS) is 26.0. The number of carbonyl (C=O) groups excluding carboxylic acids is 8. The summed E-state index contributed by atoms with van der Waals surface area (Å²) in [5.74, 6) is -4.90. The highest BCUT2D eigenvalue weighted by atomic mass is 16.2. The number of benzene rings is 4. The Balaban J connectivity index is 1.21. The molecule has 4 atom stereocenters. The lowest BCUT2D eigenvalue weighted by Gasteiger charge is -2.47. The predicted molar refractivity (Wildman–Crippen MR) is 182 cm³/mol. The van der Waals surface area contributed by atoms with Crippen LogP contribution in [0.1, 0.15) is 134 Å². The van der Waals surface area contributed by atoms with Gasteiger partial charge in [0.1, 0.15) is 0 Å². The summed E-state index contributed by atoms with van der Waals surface area (Å²) >= 11 is 0. The van der Waals surface area contributed by atoms with Gasteiger partial charge in [0.25, 0.3) is 47.3 Å². The third kappa shape index (κ3) is 3.34. The fourth-order valence-electron chi connectivity index (χ4n) is 10.4. The third-order valence-corrected chi connectivity index (χ3v) is 12.6. The van der Waals surface area contributed by atoms with Crippen LogP contribution in [-0.4, -0.2) is 91.0 Å². The Labute approximate surface area is 294 Å². The molecule has 2 saturated carbocycles. The molecule has 12 heteroatoms. The molecular formula is C40H28N4O8. The van der Waals surface area contributed by atoms with Gasteiger partial charge in [0.05, 0.1) is 24.2 Å². The first kappa shape index (κ1) is 29.7. The molecule has 15 aliphatic heterocycles. The molecule has 4 aromatic carbocycles. The lowest BCUT2D eigenvalue weighted by molar-refractivity contribution is 0.0234. The van der Waals surface area contributed by atoms with E-state index in [4.69, 9.17) is 0 Å². The summed E-state index contributed by atoms with van der Waals surface area (Å²) in [6.07, 6.45) is 3.99. The minimum absolute atomic E-state index is 0.154. The van der Waals surface area contributed by atoms with Crippen LogP contribution in [0.15, 0.2) is 48.5 Å². The van der Waals surface area contributed by atoms with Crippen LogP contribution in [0.5, 0.6) is 0 Å². The molecular weight excluding hydrogens is 664 g/mol. The summed E-state index contributed by atoms with van der Waals surface area (Å²) in [6, 6.07) is 8.65. The van der Waals surface area contributed by atoms with E-state index in [-0.39, 0.29) is 66.1 Å². The summed E-state index contributed by atoms with van der Waals surface area (Å²) < 4.78 is 0. The number of rotatable bonds is 0. The molecule has 52 heavy (non-hydrogen) atoms. The van der Waals surface area contributed by atoms with Gasteiger partial charge in [-0.25, -0.2) is 0 Å². The standard InChI is InChI=1S/C40H28N4O8/c45-33-17-9-11-21-31-22-12-10-18(29(17)31)34(46)41(33)25-5-1-2-6-26(25)42-35(47)19-13-15-23-32-24(16-14-20(30(19)32)36(42)48)40(52)44(39(23)51)28-8-4-3-7-27(28)43(37(21)49)38(22)50/h9-16,25-28H,1-8H2/t25-,26-,27-,28-/m1/s1. The molecule has 2 aliphatic carbocycles. The van der Waals surface area contributed by atoms with Crippen LogP contribution in [0, 0.1) is 0 Å². The van der Waals surface area contributed by atoms with Gasteiger partial charge < -0.3 is 0 Å². The summed E-state index contributed by atoms with van der Waals surface area (Å²) in [6.45, 7) is 0. The summed E-state index contributed by atoms with van der Waals surface area (Å²) in [5.41, 5.74) is 1.24. The van der Waals surface area contributed by atoms with Crippen molar-refractivity contribution in [1.29, 1.82) is 0 Å². The Kier molecular flexibility index (Phi) is 5.61. The molecule has 0 radical (unpaired) electrons. The van der Waals surface area contributed by atoms with Crippen LogP contribution in [0.3, 0.4) is 0 Å². The molecule has 4 aromatic rings. The quantitative estimate of drug-likeness (QED) is 0.241. The monoisotopic (exact) mass is 692 g/mol. The maximum atomic E-state index is 14.5. The lowest BCUT2D eigenvalue weighted by atomic mass is 9.79. The third-order valence-electron chi connectivity index (χ3n) is 12.6. The van der Waals surface area contributed by atoms with E-state index in [1.54, 1.807) is 0 Å². The van der Waals surface area contributed by atoms with E-state index in [1.807, 2.05) is 0 Å². The van der Waals surface area contributed by atoms with Gasteiger partial charge in [-0.3, -0.25) is 58.0 Å². The van der Waals surface area contributed by atoms with Crippen LogP contribution >= 0.6 is 0 Å². The highest BCUT2D eigenvalue weighted by Gasteiger charge is 2.52. The summed E-state index contributed by atoms with van der Waals surface area (Å²) in [4.78, 5) is 121. The van der Waals surface area contributed by atoms with Crippen molar-refractivity contribution in [3.63, 3.8) is 0 Å². The van der Waals surface area contributed by atoms with Gasteiger partial charge in [-0.05, 0) is 74.2 Å². The Morgan fingerprint density at radius 1 is 0.288 bits per heavy atom. The summed E-state index contributed by atoms with van der Waals surface area (Å²) in [7, 11) is 0. The Hall–Kier alpha value is -6.04. The molecule has 0 unspecified atom stereocenters. The molecule has 8 amide bonds. The van der Waals surface area contributed by atoms with Gasteiger partial charge in [-0.15, -0.1) is 0 Å². The first-order valence-electron chi connectivity index (χ1n) is 17.9. The highest BCUT2D eigenvalue weighted by molar-refractivity contribution is 6.35. The van der Waals surface area contributed by atoms with Crippen LogP contribution in [0.2, 0.25) is 0 Å². The maximum Gasteiger partial charge on any atom is 0.261 e. The first-order chi connectivity index (χ1) is 25.2. The van der Waals surface area contributed by atoms with Crippen molar-refractivity contribution in [2.45, 2.75) is 75.5 Å². The van der Waals surface area contributed by atoms with E-state index in [0.717, 1.165) is 19.6 Å². The van der Waals surface area contributed by atoms with Crippen molar-refractivity contribution in [1.82, 2.24) is 19.6 Å². The Morgan fingerprint density at radius 3 is 0.596 bits per heavy atom. The molecule has 256 valence electrons. The number of carbonyl (C=O) groups is 8. The van der Waals surface area contributed by atoms with Crippen molar-refractivity contribution in [3.8, 4) is 0 Å². The second kappa shape index (κ2) is 9.84. The zero-order chi connectivity index (χ0) is 35.5. The molecule has 2 fully saturated rings. The number of imide groups is 4. The van der Waals surface area contributed by atoms with Crippen molar-refractivity contribution < 1.29 is 38.4 Å². The molecule has 16 bridgehead atoms. The molecule has 15 heterocycles. The van der Waals surface area contributed by atoms with E-state index in [9.17, 15) is 38.4 Å². The van der Waals surface area contributed by atoms with Crippen molar-refractivity contribution in [2.75, 3.05) is 0 Å². The fourth-order valence-corrected chi connectivity index (χ4v) is 10.4. The Bertz CT molecular complexity index is 2070. The van der Waals surface area contributed by atoms with Crippen LogP contribution in [0.4, 0.5) is 0 Å². The van der Waals surface area contributed by atoms with E-state index in [2.05, 4.69) is 0 Å². The largest absolute Gasteiger partial charge is 0.269 e.